The van der Waals surface area contributed by atoms with Crippen molar-refractivity contribution in [2.75, 3.05) is 7.05 Å². The maximum Gasteiger partial charge on any atom is 0.198 e. The molecule has 0 aliphatic heterocycles. The van der Waals surface area contributed by atoms with E-state index < -0.39 is 0 Å². The van der Waals surface area contributed by atoms with Crippen LogP contribution < -0.4 is 0 Å². The number of rotatable bonds is 4. The minimum absolute atomic E-state index is 0.669. The fourth-order valence-electron chi connectivity index (χ4n) is 1.70. The fraction of sp³-hybridized carbons (Fsp3) is 0.333. The van der Waals surface area contributed by atoms with Crippen molar-refractivity contribution in [2.45, 2.75) is 13.2 Å². The Kier molecular flexibility index (Phi) is 4.16. The van der Waals surface area contributed by atoms with Gasteiger partial charge in [0, 0.05) is 18.6 Å². The van der Waals surface area contributed by atoms with Crippen molar-refractivity contribution in [3.8, 4) is 0 Å². The molecule has 0 bridgehead atoms. The average molecular weight is 283 g/mol. The first-order chi connectivity index (χ1) is 8.56. The van der Waals surface area contributed by atoms with Gasteiger partial charge in [-0.3, -0.25) is 4.90 Å². The first kappa shape index (κ1) is 13.3. The molecule has 0 N–H and O–H groups in total. The lowest BCUT2D eigenvalue weighted by molar-refractivity contribution is 0.244. The zero-order chi connectivity index (χ0) is 13.1. The highest BCUT2D eigenvalue weighted by Crippen LogP contribution is 2.11. The maximum absolute atomic E-state index is 5.86. The molecule has 0 amide bonds. The van der Waals surface area contributed by atoms with Crippen LogP contribution in [0.2, 0.25) is 5.02 Å². The van der Waals surface area contributed by atoms with E-state index in [0.29, 0.717) is 6.67 Å². The zero-order valence-corrected chi connectivity index (χ0v) is 11.9. The molecule has 4 nitrogen and oxygen atoms in total. The summed E-state index contributed by atoms with van der Waals surface area (Å²) in [6.45, 7) is 1.50. The molecule has 0 fully saturated rings. The SMILES string of the molecule is CN(Cc1ccc(Cl)cc1)Cn1ncn(C)c1=S. The van der Waals surface area contributed by atoms with Gasteiger partial charge in [-0.25, -0.2) is 4.68 Å². The van der Waals surface area contributed by atoms with Crippen LogP contribution in [0.15, 0.2) is 30.6 Å². The quantitative estimate of drug-likeness (QED) is 0.807. The summed E-state index contributed by atoms with van der Waals surface area (Å²) < 4.78 is 4.34. The second-order valence-electron chi connectivity index (χ2n) is 4.31. The summed E-state index contributed by atoms with van der Waals surface area (Å²) in [5.41, 5.74) is 1.21. The topological polar surface area (TPSA) is 26.0 Å². The monoisotopic (exact) mass is 282 g/mol. The van der Waals surface area contributed by atoms with Gasteiger partial charge in [0.05, 0.1) is 6.67 Å². The van der Waals surface area contributed by atoms with Crippen LogP contribution >= 0.6 is 23.8 Å². The van der Waals surface area contributed by atoms with Crippen molar-refractivity contribution in [1.29, 1.82) is 0 Å². The van der Waals surface area contributed by atoms with E-state index in [2.05, 4.69) is 10.00 Å². The molecule has 0 spiro atoms. The highest BCUT2D eigenvalue weighted by molar-refractivity contribution is 7.71. The Bertz CT molecular complexity index is 573. The molecule has 0 saturated carbocycles. The van der Waals surface area contributed by atoms with Crippen LogP contribution in [0.5, 0.6) is 0 Å². The van der Waals surface area contributed by atoms with Crippen molar-refractivity contribution in [3.05, 3.63) is 45.9 Å². The van der Waals surface area contributed by atoms with E-state index in [0.717, 1.165) is 16.3 Å². The standard InChI is InChI=1S/C12H15ClN4S/c1-15(7-10-3-5-11(13)6-4-10)9-17-12(18)16(2)8-14-17/h3-6,8H,7,9H2,1-2H3. The molecule has 96 valence electrons. The molecule has 0 radical (unpaired) electrons. The molecule has 0 atom stereocenters. The minimum Gasteiger partial charge on any atom is -0.310 e. The van der Waals surface area contributed by atoms with Gasteiger partial charge in [-0.1, -0.05) is 23.7 Å². The third-order valence-corrected chi connectivity index (χ3v) is 3.38. The highest BCUT2D eigenvalue weighted by atomic mass is 35.5. The van der Waals surface area contributed by atoms with Crippen molar-refractivity contribution in [2.24, 2.45) is 7.05 Å². The summed E-state index contributed by atoms with van der Waals surface area (Å²) in [6.07, 6.45) is 1.72. The molecular weight excluding hydrogens is 268 g/mol. The molecule has 1 aromatic heterocycles. The smallest absolute Gasteiger partial charge is 0.198 e. The second kappa shape index (κ2) is 5.65. The average Bonchev–Trinajstić information content (AvgIpc) is 2.64. The largest absolute Gasteiger partial charge is 0.310 e. The normalized spacial score (nSPS) is 11.1. The lowest BCUT2D eigenvalue weighted by atomic mass is 10.2. The predicted octanol–water partition coefficient (Wildman–Crippen LogP) is 2.69. The van der Waals surface area contributed by atoms with E-state index in [1.54, 1.807) is 11.0 Å². The molecule has 1 heterocycles. The van der Waals surface area contributed by atoms with Crippen LogP contribution in [-0.2, 0) is 20.3 Å². The van der Waals surface area contributed by atoms with Crippen LogP contribution in [-0.4, -0.2) is 26.3 Å². The van der Waals surface area contributed by atoms with Crippen LogP contribution in [0.25, 0.3) is 0 Å². The summed E-state index contributed by atoms with van der Waals surface area (Å²) in [6, 6.07) is 7.85. The number of hydrogen-bond donors (Lipinski definition) is 0. The van der Waals surface area contributed by atoms with Gasteiger partial charge in [-0.05, 0) is 37.0 Å². The van der Waals surface area contributed by atoms with Crippen LogP contribution in [0.1, 0.15) is 5.56 Å². The van der Waals surface area contributed by atoms with Crippen molar-refractivity contribution < 1.29 is 0 Å². The van der Waals surface area contributed by atoms with Gasteiger partial charge in [0.25, 0.3) is 0 Å². The summed E-state index contributed by atoms with van der Waals surface area (Å²) in [4.78, 5) is 2.14. The molecule has 2 rings (SSSR count). The summed E-state index contributed by atoms with van der Waals surface area (Å²) in [5.74, 6) is 0. The molecule has 6 heteroatoms. The van der Waals surface area contributed by atoms with E-state index >= 15 is 0 Å². The second-order valence-corrected chi connectivity index (χ2v) is 5.11. The number of nitrogens with zero attached hydrogens (tertiary/aromatic N) is 4. The highest BCUT2D eigenvalue weighted by Gasteiger charge is 2.04. The molecule has 2 aromatic rings. The van der Waals surface area contributed by atoms with E-state index in [1.165, 1.54) is 5.56 Å². The first-order valence-corrected chi connectivity index (χ1v) is 6.36. The summed E-state index contributed by atoms with van der Waals surface area (Å²) in [5, 5.41) is 4.98. The van der Waals surface area contributed by atoms with Crippen LogP contribution in [0.3, 0.4) is 0 Å². The minimum atomic E-state index is 0.669. The van der Waals surface area contributed by atoms with Crippen molar-refractivity contribution in [1.82, 2.24) is 19.2 Å². The van der Waals surface area contributed by atoms with E-state index in [9.17, 15) is 0 Å². The van der Waals surface area contributed by atoms with Crippen LogP contribution in [0, 0.1) is 4.77 Å². The Morgan fingerprint density at radius 1 is 1.33 bits per heavy atom. The molecular formula is C12H15ClN4S. The third-order valence-electron chi connectivity index (χ3n) is 2.63. The fourth-order valence-corrected chi connectivity index (χ4v) is 1.98. The third kappa shape index (κ3) is 3.19. The van der Waals surface area contributed by atoms with Crippen molar-refractivity contribution >= 4 is 23.8 Å². The Morgan fingerprint density at radius 3 is 2.56 bits per heavy atom. The molecule has 0 unspecified atom stereocenters. The lowest BCUT2D eigenvalue weighted by Gasteiger charge is -2.16. The van der Waals surface area contributed by atoms with E-state index in [4.69, 9.17) is 23.8 Å². The van der Waals surface area contributed by atoms with Gasteiger partial charge in [-0.15, -0.1) is 0 Å². The predicted molar refractivity (Wildman–Crippen MR) is 75.0 cm³/mol. The summed E-state index contributed by atoms with van der Waals surface area (Å²) in [7, 11) is 3.93. The Balaban J connectivity index is 2.00. The van der Waals surface area contributed by atoms with Gasteiger partial charge in [0.15, 0.2) is 4.77 Å². The van der Waals surface area contributed by atoms with Gasteiger partial charge in [0.2, 0.25) is 0 Å². The molecule has 0 aliphatic rings. The molecule has 1 aromatic carbocycles. The molecule has 0 aliphatic carbocycles. The number of aryl methyl sites for hydroxylation is 1. The lowest BCUT2D eigenvalue weighted by Crippen LogP contribution is -2.22. The van der Waals surface area contributed by atoms with E-state index in [-0.39, 0.29) is 0 Å². The molecule has 18 heavy (non-hydrogen) atoms. The number of hydrogen-bond acceptors (Lipinski definition) is 3. The Hall–Kier alpha value is -1.17. The van der Waals surface area contributed by atoms with Gasteiger partial charge >= 0.3 is 0 Å². The van der Waals surface area contributed by atoms with Gasteiger partial charge in [0.1, 0.15) is 6.33 Å². The van der Waals surface area contributed by atoms with Gasteiger partial charge < -0.3 is 4.57 Å². The number of benzene rings is 1. The van der Waals surface area contributed by atoms with E-state index in [1.807, 2.05) is 42.9 Å². The maximum atomic E-state index is 5.86. The first-order valence-electron chi connectivity index (χ1n) is 5.57. The summed E-state index contributed by atoms with van der Waals surface area (Å²) >= 11 is 11.1. The van der Waals surface area contributed by atoms with Gasteiger partial charge in [-0.2, -0.15) is 5.10 Å². The van der Waals surface area contributed by atoms with Crippen LogP contribution in [0.4, 0.5) is 0 Å². The Morgan fingerprint density at radius 2 is 2.00 bits per heavy atom. The van der Waals surface area contributed by atoms with Crippen molar-refractivity contribution in [3.63, 3.8) is 0 Å². The number of aromatic nitrogens is 3. The number of halogens is 1. The molecule has 0 saturated heterocycles. The zero-order valence-electron chi connectivity index (χ0n) is 10.4. The Labute approximate surface area is 116 Å².